The van der Waals surface area contributed by atoms with Crippen LogP contribution in [0.1, 0.15) is 37.3 Å². The van der Waals surface area contributed by atoms with Crippen LogP contribution in [0.5, 0.6) is 0 Å². The molecule has 0 aliphatic heterocycles. The van der Waals surface area contributed by atoms with Crippen LogP contribution in [0.4, 0.5) is 0 Å². The number of hydrogen-bond donors (Lipinski definition) is 1. The Morgan fingerprint density at radius 3 is 2.80 bits per heavy atom. The van der Waals surface area contributed by atoms with Crippen LogP contribution >= 0.6 is 11.6 Å². The molecular weight excluding hydrogens is 212 g/mol. The molecule has 1 aromatic rings. The molecule has 0 saturated heterocycles. The van der Waals surface area contributed by atoms with Gasteiger partial charge in [-0.15, -0.1) is 0 Å². The van der Waals surface area contributed by atoms with E-state index in [1.165, 1.54) is 0 Å². The van der Waals surface area contributed by atoms with Gasteiger partial charge in [0.05, 0.1) is 5.92 Å². The second kappa shape index (κ2) is 3.24. The fourth-order valence-electron chi connectivity index (χ4n) is 2.49. The molecule has 0 fully saturated rings. The maximum Gasteiger partial charge on any atom is 0.311 e. The van der Waals surface area contributed by atoms with Gasteiger partial charge in [0.2, 0.25) is 0 Å². The first-order valence-corrected chi connectivity index (χ1v) is 5.33. The van der Waals surface area contributed by atoms with Gasteiger partial charge in [-0.05, 0) is 29.0 Å². The average Bonchev–Trinajstić information content (AvgIpc) is 2.39. The summed E-state index contributed by atoms with van der Waals surface area (Å²) in [5.74, 6) is -1.17. The van der Waals surface area contributed by atoms with E-state index in [2.05, 4.69) is 0 Å². The third kappa shape index (κ3) is 1.53. The molecule has 80 valence electrons. The second-order valence-electron chi connectivity index (χ2n) is 4.68. The topological polar surface area (TPSA) is 37.3 Å². The van der Waals surface area contributed by atoms with Crippen LogP contribution in [0.3, 0.4) is 0 Å². The van der Waals surface area contributed by atoms with E-state index in [-0.39, 0.29) is 5.41 Å². The van der Waals surface area contributed by atoms with E-state index in [9.17, 15) is 4.79 Å². The maximum absolute atomic E-state index is 11.1. The minimum atomic E-state index is -0.760. The monoisotopic (exact) mass is 224 g/mol. The van der Waals surface area contributed by atoms with Gasteiger partial charge in [0.15, 0.2) is 0 Å². The summed E-state index contributed by atoms with van der Waals surface area (Å²) in [6.45, 7) is 4.08. The molecule has 1 unspecified atom stereocenters. The van der Waals surface area contributed by atoms with E-state index in [0.29, 0.717) is 11.4 Å². The molecule has 2 rings (SSSR count). The summed E-state index contributed by atoms with van der Waals surface area (Å²) < 4.78 is 0. The normalized spacial score (nSPS) is 22.5. The van der Waals surface area contributed by atoms with Gasteiger partial charge in [-0.1, -0.05) is 37.6 Å². The summed E-state index contributed by atoms with van der Waals surface area (Å²) in [7, 11) is 0. The van der Waals surface area contributed by atoms with Crippen molar-refractivity contribution in [1.29, 1.82) is 0 Å². The summed E-state index contributed by atoms with van der Waals surface area (Å²) >= 11 is 6.13. The molecule has 0 heterocycles. The molecule has 0 radical (unpaired) electrons. The molecule has 0 spiro atoms. The molecule has 1 aromatic carbocycles. The summed E-state index contributed by atoms with van der Waals surface area (Å²) in [5.41, 5.74) is 1.73. The summed E-state index contributed by atoms with van der Waals surface area (Å²) in [5, 5.41) is 9.82. The van der Waals surface area contributed by atoms with Gasteiger partial charge in [0, 0.05) is 5.02 Å². The van der Waals surface area contributed by atoms with Crippen LogP contribution in [0.15, 0.2) is 18.2 Å². The molecule has 0 aromatic heterocycles. The minimum Gasteiger partial charge on any atom is -0.481 e. The number of aliphatic carboxylic acids is 1. The maximum atomic E-state index is 11.1. The number of benzene rings is 1. The van der Waals surface area contributed by atoms with Crippen molar-refractivity contribution in [2.24, 2.45) is 0 Å². The Hall–Kier alpha value is -1.02. The Kier molecular flexibility index (Phi) is 2.27. The first-order valence-electron chi connectivity index (χ1n) is 4.95. The molecule has 1 N–H and O–H groups in total. The lowest BCUT2D eigenvalue weighted by atomic mass is 9.86. The molecule has 1 atom stereocenters. The number of hydrogen-bond acceptors (Lipinski definition) is 1. The molecule has 0 bridgehead atoms. The molecule has 3 heteroatoms. The summed E-state index contributed by atoms with van der Waals surface area (Å²) in [4.78, 5) is 11.1. The SMILES string of the molecule is CC1(C)CC(C(=O)O)c2cccc(Cl)c21. The second-order valence-corrected chi connectivity index (χ2v) is 5.09. The van der Waals surface area contributed by atoms with E-state index in [1.54, 1.807) is 0 Å². The van der Waals surface area contributed by atoms with Crippen molar-refractivity contribution >= 4 is 17.6 Å². The fourth-order valence-corrected chi connectivity index (χ4v) is 2.93. The fraction of sp³-hybridized carbons (Fsp3) is 0.417. The quantitative estimate of drug-likeness (QED) is 0.796. The first-order chi connectivity index (χ1) is 6.93. The third-order valence-corrected chi connectivity index (χ3v) is 3.43. The first kappa shape index (κ1) is 10.5. The number of carboxylic acids is 1. The highest BCUT2D eigenvalue weighted by molar-refractivity contribution is 6.31. The van der Waals surface area contributed by atoms with Crippen LogP contribution in [0, 0.1) is 0 Å². The summed E-state index contributed by atoms with van der Waals surface area (Å²) in [6.07, 6.45) is 0.626. The zero-order valence-electron chi connectivity index (χ0n) is 8.75. The predicted molar refractivity (Wildman–Crippen MR) is 59.5 cm³/mol. The predicted octanol–water partition coefficient (Wildman–Crippen LogP) is 3.19. The number of carbonyl (C=O) groups is 1. The number of fused-ring (bicyclic) bond motifs is 1. The van der Waals surface area contributed by atoms with E-state index in [0.717, 1.165) is 11.1 Å². The molecule has 2 nitrogen and oxygen atoms in total. The van der Waals surface area contributed by atoms with E-state index >= 15 is 0 Å². The van der Waals surface area contributed by atoms with E-state index in [4.69, 9.17) is 16.7 Å². The molecule has 0 saturated carbocycles. The van der Waals surface area contributed by atoms with Crippen LogP contribution in [-0.2, 0) is 10.2 Å². The van der Waals surface area contributed by atoms with Crippen molar-refractivity contribution in [2.45, 2.75) is 31.6 Å². The lowest BCUT2D eigenvalue weighted by Gasteiger charge is -2.19. The molecule has 1 aliphatic rings. The molecule has 0 amide bonds. The van der Waals surface area contributed by atoms with Crippen LogP contribution < -0.4 is 0 Å². The van der Waals surface area contributed by atoms with Crippen molar-refractivity contribution in [3.8, 4) is 0 Å². The van der Waals surface area contributed by atoms with Crippen LogP contribution in [0.25, 0.3) is 0 Å². The Bertz CT molecular complexity index is 424. The van der Waals surface area contributed by atoms with Crippen molar-refractivity contribution in [3.05, 3.63) is 34.3 Å². The zero-order chi connectivity index (χ0) is 11.2. The van der Waals surface area contributed by atoms with Gasteiger partial charge in [-0.2, -0.15) is 0 Å². The highest BCUT2D eigenvalue weighted by Gasteiger charge is 2.41. The number of halogens is 1. The smallest absolute Gasteiger partial charge is 0.311 e. The van der Waals surface area contributed by atoms with Gasteiger partial charge in [0.1, 0.15) is 0 Å². The lowest BCUT2D eigenvalue weighted by Crippen LogP contribution is -2.15. The van der Waals surface area contributed by atoms with Crippen LogP contribution in [-0.4, -0.2) is 11.1 Å². The van der Waals surface area contributed by atoms with Gasteiger partial charge >= 0.3 is 5.97 Å². The van der Waals surface area contributed by atoms with Crippen molar-refractivity contribution in [3.63, 3.8) is 0 Å². The van der Waals surface area contributed by atoms with E-state index in [1.807, 2.05) is 32.0 Å². The van der Waals surface area contributed by atoms with Gasteiger partial charge in [-0.25, -0.2) is 0 Å². The largest absolute Gasteiger partial charge is 0.481 e. The van der Waals surface area contributed by atoms with Gasteiger partial charge < -0.3 is 5.11 Å². The standard InChI is InChI=1S/C12H13ClO2/c1-12(2)6-8(11(14)15)7-4-3-5-9(13)10(7)12/h3-5,8H,6H2,1-2H3,(H,14,15). The number of carboxylic acid groups (broad SMARTS) is 1. The molecular formula is C12H13ClO2. The zero-order valence-corrected chi connectivity index (χ0v) is 9.51. The highest BCUT2D eigenvalue weighted by Crippen LogP contribution is 2.48. The third-order valence-electron chi connectivity index (χ3n) is 3.11. The Balaban J connectivity index is 2.63. The van der Waals surface area contributed by atoms with Gasteiger partial charge in [0.25, 0.3) is 0 Å². The van der Waals surface area contributed by atoms with E-state index < -0.39 is 11.9 Å². The highest BCUT2D eigenvalue weighted by atomic mass is 35.5. The number of rotatable bonds is 1. The van der Waals surface area contributed by atoms with Crippen molar-refractivity contribution in [2.75, 3.05) is 0 Å². The average molecular weight is 225 g/mol. The van der Waals surface area contributed by atoms with Crippen molar-refractivity contribution < 1.29 is 9.90 Å². The Morgan fingerprint density at radius 2 is 2.20 bits per heavy atom. The van der Waals surface area contributed by atoms with Crippen molar-refractivity contribution in [1.82, 2.24) is 0 Å². The minimum absolute atomic E-state index is 0.142. The van der Waals surface area contributed by atoms with Crippen LogP contribution in [0.2, 0.25) is 5.02 Å². The molecule has 15 heavy (non-hydrogen) atoms. The lowest BCUT2D eigenvalue weighted by molar-refractivity contribution is -0.139. The Morgan fingerprint density at radius 1 is 1.53 bits per heavy atom. The van der Waals surface area contributed by atoms with Gasteiger partial charge in [-0.3, -0.25) is 4.79 Å². The summed E-state index contributed by atoms with van der Waals surface area (Å²) in [6, 6.07) is 5.51. The Labute approximate surface area is 93.9 Å². The molecule has 1 aliphatic carbocycles.